The lowest BCUT2D eigenvalue weighted by Crippen LogP contribution is -2.45. The maximum absolute atomic E-state index is 12.0. The van der Waals surface area contributed by atoms with Crippen molar-refractivity contribution in [2.24, 2.45) is 0 Å². The van der Waals surface area contributed by atoms with E-state index < -0.39 is 0 Å². The van der Waals surface area contributed by atoms with E-state index in [4.69, 9.17) is 11.2 Å². The second-order valence-corrected chi connectivity index (χ2v) is 5.35. The Labute approximate surface area is 127 Å². The largest absolute Gasteiger partial charge is 0.481 e. The zero-order chi connectivity index (χ0) is 15.8. The molecule has 0 bridgehead atoms. The number of amides is 1. The maximum atomic E-state index is 12.0. The van der Waals surface area contributed by atoms with Crippen molar-refractivity contribution in [2.75, 3.05) is 13.7 Å². The average Bonchev–Trinajstić information content (AvgIpc) is 2.44. The van der Waals surface area contributed by atoms with E-state index in [1.54, 1.807) is 0 Å². The number of likely N-dealkylation sites (N-methyl/N-ethyl adjacent to an activating group) is 1. The first kappa shape index (κ1) is 17.1. The average molecular weight is 288 g/mol. The van der Waals surface area contributed by atoms with Gasteiger partial charge < -0.3 is 10.1 Å². The second kappa shape index (κ2) is 8.33. The summed E-state index contributed by atoms with van der Waals surface area (Å²) >= 11 is 0. The van der Waals surface area contributed by atoms with Crippen LogP contribution in [0.2, 0.25) is 0 Å². The lowest BCUT2D eigenvalue weighted by atomic mass is 10.1. The Morgan fingerprint density at radius 3 is 2.67 bits per heavy atom. The van der Waals surface area contributed by atoms with Crippen molar-refractivity contribution in [3.05, 3.63) is 29.8 Å². The van der Waals surface area contributed by atoms with Gasteiger partial charge in [0.1, 0.15) is 12.4 Å². The van der Waals surface area contributed by atoms with Crippen molar-refractivity contribution < 1.29 is 9.53 Å². The van der Waals surface area contributed by atoms with Gasteiger partial charge in [0.15, 0.2) is 0 Å². The molecule has 1 atom stereocenters. The van der Waals surface area contributed by atoms with Crippen LogP contribution in [0.1, 0.15) is 26.3 Å². The Kier molecular flexibility index (Phi) is 6.77. The van der Waals surface area contributed by atoms with Gasteiger partial charge in [0.25, 0.3) is 0 Å². The Hall–Kier alpha value is -1.99. The standard InChI is InChI=1S/C17H24N2O2/c1-6-11-21-16-10-8-7-9-15(16)12-19(5)14(4)17(20)18-13(2)3/h1,7-10,13-14H,11-12H2,2-5H3,(H,18,20)/t14-/m1/s1. The summed E-state index contributed by atoms with van der Waals surface area (Å²) in [6.45, 7) is 6.65. The highest BCUT2D eigenvalue weighted by Crippen LogP contribution is 2.20. The molecule has 0 aliphatic rings. The molecule has 0 radical (unpaired) electrons. The van der Waals surface area contributed by atoms with Crippen LogP contribution in [0, 0.1) is 12.3 Å². The van der Waals surface area contributed by atoms with Crippen LogP contribution >= 0.6 is 0 Å². The van der Waals surface area contributed by atoms with Crippen molar-refractivity contribution in [3.8, 4) is 18.1 Å². The lowest BCUT2D eigenvalue weighted by Gasteiger charge is -2.25. The number of carbonyl (C=O) groups excluding carboxylic acids is 1. The van der Waals surface area contributed by atoms with E-state index in [1.165, 1.54) is 0 Å². The molecule has 1 aromatic rings. The molecule has 0 aliphatic heterocycles. The zero-order valence-electron chi connectivity index (χ0n) is 13.2. The Balaban J connectivity index is 2.72. The highest BCUT2D eigenvalue weighted by atomic mass is 16.5. The van der Waals surface area contributed by atoms with Gasteiger partial charge in [-0.05, 0) is 33.9 Å². The monoisotopic (exact) mass is 288 g/mol. The van der Waals surface area contributed by atoms with E-state index in [-0.39, 0.29) is 24.6 Å². The number of nitrogens with one attached hydrogen (secondary N) is 1. The van der Waals surface area contributed by atoms with E-state index in [1.807, 2.05) is 57.0 Å². The van der Waals surface area contributed by atoms with Gasteiger partial charge in [-0.3, -0.25) is 9.69 Å². The summed E-state index contributed by atoms with van der Waals surface area (Å²) in [4.78, 5) is 14.0. The molecule has 0 fully saturated rings. The minimum atomic E-state index is -0.215. The van der Waals surface area contributed by atoms with Crippen LogP contribution in [-0.2, 0) is 11.3 Å². The molecule has 0 unspecified atom stereocenters. The lowest BCUT2D eigenvalue weighted by molar-refractivity contribution is -0.126. The molecule has 1 aromatic carbocycles. The topological polar surface area (TPSA) is 41.6 Å². The predicted molar refractivity (Wildman–Crippen MR) is 85.0 cm³/mol. The summed E-state index contributed by atoms with van der Waals surface area (Å²) in [7, 11) is 1.92. The second-order valence-electron chi connectivity index (χ2n) is 5.35. The molecule has 4 nitrogen and oxygen atoms in total. The summed E-state index contributed by atoms with van der Waals surface area (Å²) in [5.41, 5.74) is 1.01. The number of benzene rings is 1. The van der Waals surface area contributed by atoms with Crippen molar-refractivity contribution >= 4 is 5.91 Å². The molecular formula is C17H24N2O2. The number of hydrogen-bond acceptors (Lipinski definition) is 3. The van der Waals surface area contributed by atoms with E-state index in [0.717, 1.165) is 11.3 Å². The van der Waals surface area contributed by atoms with Gasteiger partial charge in [-0.2, -0.15) is 0 Å². The molecule has 0 aliphatic carbocycles. The molecule has 0 heterocycles. The highest BCUT2D eigenvalue weighted by Gasteiger charge is 2.19. The summed E-state index contributed by atoms with van der Waals surface area (Å²) < 4.78 is 5.53. The Morgan fingerprint density at radius 2 is 2.05 bits per heavy atom. The minimum absolute atomic E-state index is 0.0227. The molecular weight excluding hydrogens is 264 g/mol. The van der Waals surface area contributed by atoms with Crippen LogP contribution < -0.4 is 10.1 Å². The van der Waals surface area contributed by atoms with Crippen LogP contribution in [0.4, 0.5) is 0 Å². The third-order valence-electron chi connectivity index (χ3n) is 3.17. The molecule has 21 heavy (non-hydrogen) atoms. The van der Waals surface area contributed by atoms with Gasteiger partial charge in [0, 0.05) is 18.2 Å². The quantitative estimate of drug-likeness (QED) is 0.781. The van der Waals surface area contributed by atoms with Crippen molar-refractivity contribution in [1.29, 1.82) is 0 Å². The number of nitrogens with zero attached hydrogens (tertiary/aromatic N) is 1. The zero-order valence-corrected chi connectivity index (χ0v) is 13.2. The van der Waals surface area contributed by atoms with Gasteiger partial charge >= 0.3 is 0 Å². The maximum Gasteiger partial charge on any atom is 0.237 e. The molecule has 4 heteroatoms. The molecule has 0 saturated carbocycles. The van der Waals surface area contributed by atoms with Gasteiger partial charge in [-0.15, -0.1) is 6.42 Å². The number of carbonyl (C=O) groups is 1. The van der Waals surface area contributed by atoms with Crippen LogP contribution in [0.3, 0.4) is 0 Å². The Bertz CT molecular complexity index is 506. The third kappa shape index (κ3) is 5.49. The van der Waals surface area contributed by atoms with Crippen molar-refractivity contribution in [1.82, 2.24) is 10.2 Å². The molecule has 1 rings (SSSR count). The number of terminal acetylenes is 1. The molecule has 0 aromatic heterocycles. The SMILES string of the molecule is C#CCOc1ccccc1CN(C)[C@H](C)C(=O)NC(C)C. The summed E-state index contributed by atoms with van der Waals surface area (Å²) in [6, 6.07) is 7.65. The van der Waals surface area contributed by atoms with Crippen molar-refractivity contribution in [3.63, 3.8) is 0 Å². The normalized spacial score (nSPS) is 12.0. The fraction of sp³-hybridized carbons (Fsp3) is 0.471. The molecule has 1 amide bonds. The van der Waals surface area contributed by atoms with E-state index in [0.29, 0.717) is 6.54 Å². The number of para-hydroxylation sites is 1. The molecule has 0 saturated heterocycles. The van der Waals surface area contributed by atoms with Gasteiger partial charge in [-0.25, -0.2) is 0 Å². The smallest absolute Gasteiger partial charge is 0.237 e. The van der Waals surface area contributed by atoms with E-state index in [9.17, 15) is 4.79 Å². The highest BCUT2D eigenvalue weighted by molar-refractivity contribution is 5.81. The van der Waals surface area contributed by atoms with Crippen LogP contribution in [0.15, 0.2) is 24.3 Å². The van der Waals surface area contributed by atoms with Crippen molar-refractivity contribution in [2.45, 2.75) is 39.4 Å². The summed E-state index contributed by atoms with van der Waals surface area (Å²) in [5, 5.41) is 2.92. The van der Waals surface area contributed by atoms with Crippen LogP contribution in [0.25, 0.3) is 0 Å². The van der Waals surface area contributed by atoms with Gasteiger partial charge in [0.05, 0.1) is 6.04 Å². The van der Waals surface area contributed by atoms with E-state index >= 15 is 0 Å². The molecule has 1 N–H and O–H groups in total. The van der Waals surface area contributed by atoms with Crippen LogP contribution in [-0.4, -0.2) is 36.5 Å². The summed E-state index contributed by atoms with van der Waals surface area (Å²) in [5.74, 6) is 3.24. The first-order valence-corrected chi connectivity index (χ1v) is 7.10. The predicted octanol–water partition coefficient (Wildman–Crippen LogP) is 2.04. The fourth-order valence-corrected chi connectivity index (χ4v) is 1.91. The molecule has 0 spiro atoms. The van der Waals surface area contributed by atoms with Gasteiger partial charge in [-0.1, -0.05) is 24.1 Å². The fourth-order valence-electron chi connectivity index (χ4n) is 1.91. The first-order chi connectivity index (χ1) is 9.95. The molecule has 114 valence electrons. The number of hydrogen-bond donors (Lipinski definition) is 1. The van der Waals surface area contributed by atoms with Crippen LogP contribution in [0.5, 0.6) is 5.75 Å². The first-order valence-electron chi connectivity index (χ1n) is 7.10. The minimum Gasteiger partial charge on any atom is -0.481 e. The van der Waals surface area contributed by atoms with E-state index in [2.05, 4.69) is 11.2 Å². The summed E-state index contributed by atoms with van der Waals surface area (Å²) in [6.07, 6.45) is 5.22. The Morgan fingerprint density at radius 1 is 1.38 bits per heavy atom. The number of rotatable bonds is 7. The van der Waals surface area contributed by atoms with Gasteiger partial charge in [0.2, 0.25) is 5.91 Å². The number of ether oxygens (including phenoxy) is 1. The third-order valence-corrected chi connectivity index (χ3v) is 3.17.